The molecule has 0 aromatic rings. The van der Waals surface area contributed by atoms with Crippen molar-refractivity contribution in [1.29, 1.82) is 0 Å². The lowest BCUT2D eigenvalue weighted by Crippen LogP contribution is -2.00. The molecular weight excluding hydrogens is 148 g/mol. The summed E-state index contributed by atoms with van der Waals surface area (Å²) in [6.07, 6.45) is 1.94. The van der Waals surface area contributed by atoms with Gasteiger partial charge in [-0.2, -0.15) is 0 Å². The molecule has 1 saturated heterocycles. The van der Waals surface area contributed by atoms with E-state index in [1.54, 1.807) is 0 Å². The minimum Gasteiger partial charge on any atom is -0.465 e. The van der Waals surface area contributed by atoms with Gasteiger partial charge in [-0.3, -0.25) is 4.79 Å². The monoisotopic (exact) mass is 156 g/mol. The van der Waals surface area contributed by atoms with Gasteiger partial charge in [-0.25, -0.2) is 0 Å². The molecule has 0 N–H and O–H groups in total. The second-order valence-electron chi connectivity index (χ2n) is 2.18. The van der Waals surface area contributed by atoms with Gasteiger partial charge in [0.1, 0.15) is 0 Å². The molecule has 2 nitrogen and oxygen atoms in total. The molecule has 1 rings (SSSR count). The first kappa shape index (κ1) is 7.45. The topological polar surface area (TPSA) is 26.3 Å². The highest BCUT2D eigenvalue weighted by Gasteiger charge is 2.10. The molecule has 0 aromatic heterocycles. The Morgan fingerprint density at radius 1 is 1.40 bits per heavy atom. The van der Waals surface area contributed by atoms with Crippen LogP contribution in [0.3, 0.4) is 0 Å². The van der Waals surface area contributed by atoms with Crippen molar-refractivity contribution in [2.45, 2.75) is 19.3 Å². The summed E-state index contributed by atoms with van der Waals surface area (Å²) >= 11 is 4.62. The Morgan fingerprint density at radius 2 is 2.20 bits per heavy atom. The van der Waals surface area contributed by atoms with Gasteiger partial charge in [0.25, 0.3) is 0 Å². The number of carbonyl (C=O) groups is 1. The molecule has 10 heavy (non-hydrogen) atoms. The molecule has 0 aliphatic carbocycles. The zero-order chi connectivity index (χ0) is 7.40. The van der Waals surface area contributed by atoms with Crippen LogP contribution in [0.2, 0.25) is 0 Å². The highest BCUT2D eigenvalue weighted by molar-refractivity contribution is 7.78. The van der Waals surface area contributed by atoms with Crippen molar-refractivity contribution in [3.8, 4) is 0 Å². The van der Waals surface area contributed by atoms with Gasteiger partial charge in [-0.15, -0.1) is 0 Å². The van der Waals surface area contributed by atoms with Gasteiger partial charge < -0.3 is 4.74 Å². The van der Waals surface area contributed by atoms with Crippen LogP contribution in [0, 0.1) is 0 Å². The van der Waals surface area contributed by atoms with Crippen molar-refractivity contribution >= 4 is 23.2 Å². The highest BCUT2D eigenvalue weighted by Crippen LogP contribution is 2.11. The van der Waals surface area contributed by atoms with Crippen molar-refractivity contribution in [3.63, 3.8) is 0 Å². The van der Waals surface area contributed by atoms with Gasteiger partial charge in [0.15, 0.2) is 0 Å². The van der Waals surface area contributed by atoms with Crippen LogP contribution >= 0.6 is 12.2 Å². The minimum atomic E-state index is -0.125. The third kappa shape index (κ3) is 1.94. The zero-order valence-corrected chi connectivity index (χ0v) is 6.37. The largest absolute Gasteiger partial charge is 0.465 e. The molecule has 0 bridgehead atoms. The lowest BCUT2D eigenvalue weighted by Gasteiger charge is -1.94. The summed E-state index contributed by atoms with van der Waals surface area (Å²) < 4.78 is 4.79. The Hall–Kier alpha value is -0.660. The van der Waals surface area contributed by atoms with Crippen molar-refractivity contribution in [2.75, 3.05) is 6.61 Å². The summed E-state index contributed by atoms with van der Waals surface area (Å²) in [5.74, 6) is -0.125. The van der Waals surface area contributed by atoms with Gasteiger partial charge in [-0.05, 0) is 29.2 Å². The molecule has 0 aromatic carbocycles. The molecule has 0 atom stereocenters. The second-order valence-corrected chi connectivity index (χ2v) is 2.38. The lowest BCUT2D eigenvalue weighted by molar-refractivity contribution is -0.142. The summed E-state index contributed by atoms with van der Waals surface area (Å²) in [7, 11) is 0. The Kier molecular flexibility index (Phi) is 2.60. The maximum atomic E-state index is 10.6. The van der Waals surface area contributed by atoms with E-state index in [2.05, 4.69) is 17.2 Å². The Labute approximate surface area is 64.9 Å². The van der Waals surface area contributed by atoms with E-state index in [-0.39, 0.29) is 5.97 Å². The van der Waals surface area contributed by atoms with Crippen molar-refractivity contribution in [3.05, 3.63) is 5.57 Å². The molecule has 1 fully saturated rings. The van der Waals surface area contributed by atoms with Gasteiger partial charge in [0.2, 0.25) is 0 Å². The molecule has 1 aliphatic heterocycles. The average Bonchev–Trinajstić information content (AvgIpc) is 2.14. The summed E-state index contributed by atoms with van der Waals surface area (Å²) in [4.78, 5) is 10.6. The van der Waals surface area contributed by atoms with Gasteiger partial charge in [0.05, 0.1) is 6.61 Å². The summed E-state index contributed by atoms with van der Waals surface area (Å²) in [5.41, 5.74) is 1.03. The van der Waals surface area contributed by atoms with E-state index in [4.69, 9.17) is 4.74 Å². The molecule has 54 valence electrons. The van der Waals surface area contributed by atoms with Crippen LogP contribution in [0.25, 0.3) is 0 Å². The third-order valence-electron chi connectivity index (χ3n) is 1.44. The maximum absolute atomic E-state index is 10.6. The smallest absolute Gasteiger partial charge is 0.306 e. The molecular formula is C7H8O2S. The summed E-state index contributed by atoms with van der Waals surface area (Å²) in [6.45, 7) is 0.470. The molecule has 1 heterocycles. The van der Waals surface area contributed by atoms with Crippen LogP contribution in [0.15, 0.2) is 5.57 Å². The summed E-state index contributed by atoms with van der Waals surface area (Å²) in [6, 6.07) is 0. The number of cyclic esters (lactones) is 1. The van der Waals surface area contributed by atoms with Crippen LogP contribution in [0.1, 0.15) is 19.3 Å². The minimum absolute atomic E-state index is 0.125. The molecule has 0 radical (unpaired) electrons. The number of thiocarbonyl (C=S) groups is 1. The van der Waals surface area contributed by atoms with Crippen LogP contribution in [0.5, 0.6) is 0 Å². The van der Waals surface area contributed by atoms with Gasteiger partial charge >= 0.3 is 5.97 Å². The molecule has 0 spiro atoms. The van der Waals surface area contributed by atoms with Crippen molar-refractivity contribution in [1.82, 2.24) is 0 Å². The van der Waals surface area contributed by atoms with E-state index >= 15 is 0 Å². The molecule has 1 aliphatic rings. The fourth-order valence-electron chi connectivity index (χ4n) is 0.840. The number of esters is 1. The van der Waals surface area contributed by atoms with E-state index in [1.165, 1.54) is 0 Å². The average molecular weight is 156 g/mol. The molecule has 0 saturated carbocycles. The van der Waals surface area contributed by atoms with Crippen LogP contribution in [-0.2, 0) is 9.53 Å². The van der Waals surface area contributed by atoms with E-state index in [1.807, 2.05) is 0 Å². The van der Waals surface area contributed by atoms with E-state index in [0.29, 0.717) is 13.0 Å². The highest BCUT2D eigenvalue weighted by atomic mass is 32.1. The quantitative estimate of drug-likeness (QED) is 0.390. The zero-order valence-electron chi connectivity index (χ0n) is 5.55. The normalized spacial score (nSPS) is 19.2. The fraction of sp³-hybridized carbons (Fsp3) is 0.571. The van der Waals surface area contributed by atoms with Crippen LogP contribution in [0.4, 0.5) is 0 Å². The first-order valence-electron chi connectivity index (χ1n) is 3.21. The number of hydrogen-bond acceptors (Lipinski definition) is 3. The van der Waals surface area contributed by atoms with Crippen molar-refractivity contribution in [2.24, 2.45) is 0 Å². The van der Waals surface area contributed by atoms with Gasteiger partial charge in [-0.1, -0.05) is 0 Å². The third-order valence-corrected chi connectivity index (χ3v) is 1.73. The maximum Gasteiger partial charge on any atom is 0.306 e. The summed E-state index contributed by atoms with van der Waals surface area (Å²) in [5, 5.41) is 2.63. The fourth-order valence-corrected chi connectivity index (χ4v) is 1.04. The molecule has 3 heteroatoms. The van der Waals surface area contributed by atoms with Crippen molar-refractivity contribution < 1.29 is 9.53 Å². The van der Waals surface area contributed by atoms with E-state index in [0.717, 1.165) is 18.4 Å². The van der Waals surface area contributed by atoms with E-state index in [9.17, 15) is 4.79 Å². The lowest BCUT2D eigenvalue weighted by atomic mass is 10.1. The first-order valence-corrected chi connectivity index (χ1v) is 3.62. The number of rotatable bonds is 0. The Balaban J connectivity index is 2.56. The SMILES string of the molecule is O=C1CCC(=C=S)CCO1. The Morgan fingerprint density at radius 3 is 2.90 bits per heavy atom. The standard InChI is InChI=1S/C7H8O2S/c8-7-2-1-6(5-10)3-4-9-7/h1-4H2. The number of ether oxygens (including phenoxy) is 1. The van der Waals surface area contributed by atoms with Crippen LogP contribution < -0.4 is 0 Å². The predicted molar refractivity (Wildman–Crippen MR) is 40.9 cm³/mol. The first-order chi connectivity index (χ1) is 4.83. The van der Waals surface area contributed by atoms with Crippen LogP contribution in [-0.4, -0.2) is 17.6 Å². The molecule has 0 unspecified atom stereocenters. The molecule has 0 amide bonds. The second kappa shape index (κ2) is 3.49. The Bertz CT molecular complexity index is 192. The number of hydrogen-bond donors (Lipinski definition) is 0. The predicted octanol–water partition coefficient (Wildman–Crippen LogP) is 1.24. The van der Waals surface area contributed by atoms with E-state index < -0.39 is 0 Å². The van der Waals surface area contributed by atoms with Gasteiger partial charge in [0, 0.05) is 12.8 Å². The number of carbonyl (C=O) groups excluding carboxylic acids is 1.